The van der Waals surface area contributed by atoms with Crippen molar-refractivity contribution in [3.05, 3.63) is 41.7 Å². The molecule has 3 heterocycles. The Morgan fingerprint density at radius 3 is 2.37 bits per heavy atom. The monoisotopic (exact) mass is 594 g/mol. The smallest absolute Gasteiger partial charge is 0.256 e. The van der Waals surface area contributed by atoms with E-state index in [1.165, 1.54) is 0 Å². The Morgan fingerprint density at radius 2 is 1.71 bits per heavy atom. The minimum atomic E-state index is -2.52. The first kappa shape index (κ1) is 31.7. The molecule has 0 bridgehead atoms. The Balaban J connectivity index is 1.31. The first-order valence-corrected chi connectivity index (χ1v) is 17.1. The summed E-state index contributed by atoms with van der Waals surface area (Å²) < 4.78 is 13.2. The molecule has 0 unspecified atom stereocenters. The van der Waals surface area contributed by atoms with Crippen LogP contribution in [0.1, 0.15) is 31.0 Å². The van der Waals surface area contributed by atoms with E-state index in [4.69, 9.17) is 14.6 Å². The van der Waals surface area contributed by atoms with Gasteiger partial charge in [-0.2, -0.15) is 0 Å². The number of ether oxygens (including phenoxy) is 2. The van der Waals surface area contributed by atoms with E-state index >= 15 is 0 Å². The van der Waals surface area contributed by atoms with E-state index < -0.39 is 44.9 Å². The number of carbonyl (C=O) groups is 1. The summed E-state index contributed by atoms with van der Waals surface area (Å²) in [5.41, 5.74) is 2.28. The maximum atomic E-state index is 12.6. The predicted molar refractivity (Wildman–Crippen MR) is 149 cm³/mol. The average molecular weight is 595 g/mol. The van der Waals surface area contributed by atoms with E-state index in [9.17, 15) is 30.0 Å². The molecule has 4 rings (SSSR count). The van der Waals surface area contributed by atoms with E-state index in [0.29, 0.717) is 25.1 Å². The van der Waals surface area contributed by atoms with Crippen LogP contribution in [0.5, 0.6) is 0 Å². The second-order valence-corrected chi connectivity index (χ2v) is 15.6. The third-order valence-electron chi connectivity index (χ3n) is 8.10. The zero-order chi connectivity index (χ0) is 29.9. The van der Waals surface area contributed by atoms with E-state index in [0.717, 1.165) is 24.1 Å². The van der Waals surface area contributed by atoms with Crippen molar-refractivity contribution in [3.8, 4) is 0 Å². The van der Waals surface area contributed by atoms with Gasteiger partial charge in [0.05, 0.1) is 17.9 Å². The van der Waals surface area contributed by atoms with Gasteiger partial charge in [0, 0.05) is 37.0 Å². The van der Waals surface area contributed by atoms with Gasteiger partial charge in [-0.1, -0.05) is 24.3 Å². The number of carbonyl (C=O) groups excluding carboxylic acids is 1. The van der Waals surface area contributed by atoms with E-state index in [-0.39, 0.29) is 30.3 Å². The molecule has 9 atom stereocenters. The summed E-state index contributed by atoms with van der Waals surface area (Å²) in [5.74, 6) is -0.580. The number of nitrogens with zero attached hydrogens (tertiary/aromatic N) is 3. The Hall–Kier alpha value is -2.27. The Bertz CT molecular complexity index is 1140. The summed E-state index contributed by atoms with van der Waals surface area (Å²) in [6.45, 7) is 6.68. The molecule has 1 amide bonds. The predicted octanol–water partition coefficient (Wildman–Crippen LogP) is -0.455. The van der Waals surface area contributed by atoms with E-state index in [1.54, 1.807) is 16.8 Å². The third-order valence-corrected chi connectivity index (χ3v) is 10.6. The van der Waals surface area contributed by atoms with Crippen molar-refractivity contribution in [3.63, 3.8) is 0 Å². The van der Waals surface area contributed by atoms with Crippen LogP contribution in [0, 0.1) is 5.92 Å². The number of anilines is 1. The van der Waals surface area contributed by atoms with Crippen LogP contribution in [0.15, 0.2) is 30.5 Å². The number of aliphatic hydroxyl groups excluding tert-OH is 5. The summed E-state index contributed by atoms with van der Waals surface area (Å²) in [7, 11) is -2.52. The molecule has 2 aliphatic rings. The molecule has 0 radical (unpaired) electrons. The fourth-order valence-electron chi connectivity index (χ4n) is 5.97. The average Bonchev–Trinajstić information content (AvgIpc) is 3.51. The highest BCUT2D eigenvalue weighted by molar-refractivity contribution is 6.71. The standard InChI is InChI=1S/C27H42N4O9Si/c1-15-19(39-20(25(15)41(2,3)38)10-12-31-14-18(11-13-32)29-30-31)9-6-16-4-7-17(8-5-16)28-26(36)24-22(34)21(33)23(35)27(37)40-24/h4-5,7-8,14-15,19-25,27,32-35,37-38H,6,9-13H2,1-3H3,(H,28,36)/t15-,19+,20-,21-,22-,23+,24-,25+,27+/m0/s1. The molecular weight excluding hydrogens is 552 g/mol. The number of amides is 1. The van der Waals surface area contributed by atoms with E-state index in [2.05, 4.69) is 22.6 Å². The summed E-state index contributed by atoms with van der Waals surface area (Å²) >= 11 is 0. The van der Waals surface area contributed by atoms with Crippen LogP contribution in [0.2, 0.25) is 18.6 Å². The summed E-state index contributed by atoms with van der Waals surface area (Å²) in [5, 5.41) is 59.1. The zero-order valence-corrected chi connectivity index (χ0v) is 24.6. The van der Waals surface area contributed by atoms with Crippen LogP contribution in [-0.2, 0) is 33.7 Å². The van der Waals surface area contributed by atoms with Crippen LogP contribution in [0.4, 0.5) is 5.69 Å². The Kier molecular flexibility index (Phi) is 10.3. The molecule has 2 aliphatic heterocycles. The molecule has 0 spiro atoms. The van der Waals surface area contributed by atoms with Crippen LogP contribution in [0.3, 0.4) is 0 Å². The highest BCUT2D eigenvalue weighted by Gasteiger charge is 2.49. The number of aryl methyl sites for hydroxylation is 2. The van der Waals surface area contributed by atoms with Gasteiger partial charge in [0.25, 0.3) is 5.91 Å². The molecule has 0 saturated carbocycles. The lowest BCUT2D eigenvalue weighted by Gasteiger charge is -2.37. The van der Waals surface area contributed by atoms with Gasteiger partial charge in [-0.15, -0.1) is 5.10 Å². The van der Waals surface area contributed by atoms with Crippen molar-refractivity contribution < 1.29 is 44.6 Å². The molecule has 0 aliphatic carbocycles. The number of nitrogens with one attached hydrogen (secondary N) is 1. The van der Waals surface area contributed by atoms with Crippen molar-refractivity contribution in [2.75, 3.05) is 11.9 Å². The molecule has 2 saturated heterocycles. The van der Waals surface area contributed by atoms with Gasteiger partial charge in [-0.25, -0.2) is 0 Å². The SMILES string of the molecule is C[C@@H]1[C@@H]([Si](C)(C)O)[C@H](CCn2cc(CCO)nn2)O[C@@H]1CCc1ccc(NC(=O)[C@H]2O[C@@H](O)[C@H](O)[C@@H](O)[C@@H]2O)cc1. The van der Waals surface area contributed by atoms with Gasteiger partial charge < -0.3 is 45.1 Å². The maximum Gasteiger partial charge on any atom is 0.256 e. The number of benzene rings is 1. The molecule has 1 aromatic carbocycles. The fraction of sp³-hybridized carbons (Fsp3) is 0.667. The highest BCUT2D eigenvalue weighted by atomic mass is 28.4. The maximum absolute atomic E-state index is 12.6. The normalized spacial score (nSPS) is 32.3. The lowest BCUT2D eigenvalue weighted by molar-refractivity contribution is -0.274. The quantitative estimate of drug-likeness (QED) is 0.166. The number of rotatable bonds is 11. The molecule has 7 N–H and O–H groups in total. The molecule has 2 aromatic rings. The van der Waals surface area contributed by atoms with Crippen molar-refractivity contribution in [2.45, 2.75) is 101 Å². The van der Waals surface area contributed by atoms with Gasteiger partial charge in [-0.05, 0) is 56.0 Å². The Labute approximate surface area is 239 Å². The van der Waals surface area contributed by atoms with Crippen molar-refractivity contribution >= 4 is 19.9 Å². The summed E-state index contributed by atoms with van der Waals surface area (Å²) in [4.78, 5) is 23.6. The molecule has 228 valence electrons. The van der Waals surface area contributed by atoms with Crippen LogP contribution < -0.4 is 5.32 Å². The van der Waals surface area contributed by atoms with E-state index in [1.807, 2.05) is 31.4 Å². The molecule has 13 nitrogen and oxygen atoms in total. The number of aliphatic hydroxyl groups is 5. The zero-order valence-electron chi connectivity index (χ0n) is 23.6. The lowest BCUT2D eigenvalue weighted by atomic mass is 9.95. The number of aromatic nitrogens is 3. The van der Waals surface area contributed by atoms with Crippen molar-refractivity contribution in [2.24, 2.45) is 5.92 Å². The first-order chi connectivity index (χ1) is 19.4. The summed E-state index contributed by atoms with van der Waals surface area (Å²) in [6.07, 6.45) is -4.11. The van der Waals surface area contributed by atoms with Crippen LogP contribution in [0.25, 0.3) is 0 Å². The van der Waals surface area contributed by atoms with Gasteiger partial charge in [0.15, 0.2) is 20.7 Å². The minimum Gasteiger partial charge on any atom is -0.432 e. The first-order valence-electron chi connectivity index (χ1n) is 14.0. The van der Waals surface area contributed by atoms with Crippen LogP contribution >= 0.6 is 0 Å². The molecule has 41 heavy (non-hydrogen) atoms. The molecule has 1 aromatic heterocycles. The van der Waals surface area contributed by atoms with Gasteiger partial charge in [-0.3, -0.25) is 9.48 Å². The number of hydrogen-bond acceptors (Lipinski definition) is 11. The second kappa shape index (κ2) is 13.4. The second-order valence-electron chi connectivity index (χ2n) is 11.6. The van der Waals surface area contributed by atoms with Gasteiger partial charge in [0.1, 0.15) is 18.3 Å². The molecule has 14 heteroatoms. The van der Waals surface area contributed by atoms with Gasteiger partial charge in [0.2, 0.25) is 0 Å². The summed E-state index contributed by atoms with van der Waals surface area (Å²) in [6, 6.07) is 7.16. The minimum absolute atomic E-state index is 0.0225. The lowest BCUT2D eigenvalue weighted by Crippen LogP contribution is -2.60. The topological polar surface area (TPSA) is 200 Å². The van der Waals surface area contributed by atoms with Crippen molar-refractivity contribution in [1.82, 2.24) is 15.0 Å². The third kappa shape index (κ3) is 7.58. The molecule has 2 fully saturated rings. The highest BCUT2D eigenvalue weighted by Crippen LogP contribution is 2.45. The molecular formula is C27H42N4O9Si. The number of hydrogen-bond donors (Lipinski definition) is 7. The fourth-order valence-corrected chi connectivity index (χ4v) is 8.63. The largest absolute Gasteiger partial charge is 0.432 e. The van der Waals surface area contributed by atoms with Crippen LogP contribution in [-0.4, -0.2) is 109 Å². The Morgan fingerprint density at radius 1 is 1.00 bits per heavy atom. The van der Waals surface area contributed by atoms with Crippen molar-refractivity contribution in [1.29, 1.82) is 0 Å². The van der Waals surface area contributed by atoms with Gasteiger partial charge >= 0.3 is 0 Å².